The van der Waals surface area contributed by atoms with Gasteiger partial charge in [-0.2, -0.15) is 0 Å². The van der Waals surface area contributed by atoms with Crippen molar-refractivity contribution in [3.05, 3.63) is 34.5 Å². The van der Waals surface area contributed by atoms with Crippen molar-refractivity contribution in [2.45, 2.75) is 20.8 Å². The zero-order valence-corrected chi connectivity index (χ0v) is 13.5. The van der Waals surface area contributed by atoms with Crippen LogP contribution >= 0.6 is 11.6 Å². The fraction of sp³-hybridized carbons (Fsp3) is 0.438. The van der Waals surface area contributed by atoms with Crippen LogP contribution in [-0.4, -0.2) is 37.0 Å². The fourth-order valence-corrected chi connectivity index (χ4v) is 2.59. The summed E-state index contributed by atoms with van der Waals surface area (Å²) >= 11 is 6.10. The van der Waals surface area contributed by atoms with E-state index in [1.807, 2.05) is 19.1 Å². The molecule has 1 N–H and O–H groups in total. The predicted molar refractivity (Wildman–Crippen MR) is 86.1 cm³/mol. The van der Waals surface area contributed by atoms with Crippen molar-refractivity contribution >= 4 is 28.5 Å². The molecule has 1 aromatic heterocycles. The van der Waals surface area contributed by atoms with Gasteiger partial charge in [0.15, 0.2) is 11.3 Å². The van der Waals surface area contributed by atoms with Gasteiger partial charge in [0.25, 0.3) is 5.91 Å². The van der Waals surface area contributed by atoms with Gasteiger partial charge in [-0.15, -0.1) is 0 Å². The molecule has 114 valence electrons. The van der Waals surface area contributed by atoms with Crippen molar-refractivity contribution in [1.82, 2.24) is 10.2 Å². The van der Waals surface area contributed by atoms with Crippen LogP contribution in [0.15, 0.2) is 22.6 Å². The molecule has 0 saturated carbocycles. The summed E-state index contributed by atoms with van der Waals surface area (Å²) in [6.45, 7) is 9.48. The number of aryl methyl sites for hydroxylation is 1. The van der Waals surface area contributed by atoms with E-state index in [1.54, 1.807) is 6.07 Å². The normalized spacial score (nSPS) is 11.3. The van der Waals surface area contributed by atoms with Crippen LogP contribution in [-0.2, 0) is 0 Å². The third-order valence-electron chi connectivity index (χ3n) is 3.73. The summed E-state index contributed by atoms with van der Waals surface area (Å²) in [6, 6.07) is 5.52. The molecule has 0 radical (unpaired) electrons. The summed E-state index contributed by atoms with van der Waals surface area (Å²) in [7, 11) is 0. The van der Waals surface area contributed by atoms with Crippen LogP contribution < -0.4 is 5.32 Å². The first-order chi connectivity index (χ1) is 10.1. The molecule has 21 heavy (non-hydrogen) atoms. The van der Waals surface area contributed by atoms with Gasteiger partial charge in [0.2, 0.25) is 0 Å². The molecule has 5 heteroatoms. The van der Waals surface area contributed by atoms with Gasteiger partial charge >= 0.3 is 0 Å². The largest absolute Gasteiger partial charge is 0.449 e. The number of nitrogens with one attached hydrogen (secondary N) is 1. The molecular formula is C16H21ClN2O2. The summed E-state index contributed by atoms with van der Waals surface area (Å²) in [5.74, 6) is 0.157. The van der Waals surface area contributed by atoms with E-state index in [2.05, 4.69) is 24.1 Å². The number of carbonyl (C=O) groups excluding carboxylic acids is 1. The molecule has 1 heterocycles. The summed E-state index contributed by atoms with van der Waals surface area (Å²) in [6.07, 6.45) is 0. The number of furan rings is 1. The molecule has 1 amide bonds. The van der Waals surface area contributed by atoms with Crippen molar-refractivity contribution in [3.63, 3.8) is 0 Å². The van der Waals surface area contributed by atoms with E-state index in [9.17, 15) is 4.79 Å². The summed E-state index contributed by atoms with van der Waals surface area (Å²) < 4.78 is 5.64. The van der Waals surface area contributed by atoms with E-state index < -0.39 is 0 Å². The van der Waals surface area contributed by atoms with Gasteiger partial charge in [0, 0.05) is 24.0 Å². The average Bonchev–Trinajstić information content (AvgIpc) is 2.82. The standard InChI is InChI=1S/C16H21ClN2O2/c1-4-19(5-2)10-9-18-16(20)14-11(3)12-7-6-8-13(17)15(12)21-14/h6-8H,4-5,9-10H2,1-3H3,(H,18,20). The van der Waals surface area contributed by atoms with Crippen molar-refractivity contribution in [3.8, 4) is 0 Å². The van der Waals surface area contributed by atoms with Crippen LogP contribution in [0, 0.1) is 6.92 Å². The summed E-state index contributed by atoms with van der Waals surface area (Å²) in [5, 5.41) is 4.31. The minimum Gasteiger partial charge on any atom is -0.449 e. The number of hydrogen-bond acceptors (Lipinski definition) is 3. The zero-order chi connectivity index (χ0) is 15.4. The van der Waals surface area contributed by atoms with Gasteiger partial charge in [-0.25, -0.2) is 0 Å². The summed E-state index contributed by atoms with van der Waals surface area (Å²) in [5.41, 5.74) is 1.40. The van der Waals surface area contributed by atoms with Crippen molar-refractivity contribution in [2.75, 3.05) is 26.2 Å². The number of halogens is 1. The smallest absolute Gasteiger partial charge is 0.287 e. The Balaban J connectivity index is 2.09. The second-order valence-electron chi connectivity index (χ2n) is 4.96. The molecule has 0 saturated heterocycles. The quantitative estimate of drug-likeness (QED) is 0.889. The summed E-state index contributed by atoms with van der Waals surface area (Å²) in [4.78, 5) is 14.5. The highest BCUT2D eigenvalue weighted by atomic mass is 35.5. The topological polar surface area (TPSA) is 45.5 Å². The number of nitrogens with zero attached hydrogens (tertiary/aromatic N) is 1. The minimum atomic E-state index is -0.188. The molecule has 2 aromatic rings. The molecule has 0 unspecified atom stereocenters. The van der Waals surface area contributed by atoms with Crippen molar-refractivity contribution in [2.24, 2.45) is 0 Å². The van der Waals surface area contributed by atoms with Gasteiger partial charge in [-0.3, -0.25) is 4.79 Å². The van der Waals surface area contributed by atoms with Crippen molar-refractivity contribution in [1.29, 1.82) is 0 Å². The molecule has 0 atom stereocenters. The maximum absolute atomic E-state index is 12.2. The third-order valence-corrected chi connectivity index (χ3v) is 4.03. The van der Waals surface area contributed by atoms with E-state index in [1.165, 1.54) is 0 Å². The molecule has 0 aliphatic rings. The molecule has 0 aliphatic carbocycles. The first-order valence-electron chi connectivity index (χ1n) is 7.26. The molecule has 0 aliphatic heterocycles. The first-order valence-corrected chi connectivity index (χ1v) is 7.64. The van der Waals surface area contributed by atoms with E-state index in [-0.39, 0.29) is 5.91 Å². The van der Waals surface area contributed by atoms with Gasteiger partial charge in [-0.05, 0) is 26.1 Å². The van der Waals surface area contributed by atoms with Gasteiger partial charge in [0.1, 0.15) is 0 Å². The molecule has 1 aromatic carbocycles. The number of fused-ring (bicyclic) bond motifs is 1. The van der Waals surface area contributed by atoms with Crippen LogP contribution in [0.1, 0.15) is 30.0 Å². The SMILES string of the molecule is CCN(CC)CCNC(=O)c1oc2c(Cl)cccc2c1C. The lowest BCUT2D eigenvalue weighted by Crippen LogP contribution is -2.34. The van der Waals surface area contributed by atoms with E-state index >= 15 is 0 Å². The Morgan fingerprint density at radius 2 is 2.05 bits per heavy atom. The maximum Gasteiger partial charge on any atom is 0.287 e. The highest BCUT2D eigenvalue weighted by Crippen LogP contribution is 2.30. The Morgan fingerprint density at radius 3 is 2.67 bits per heavy atom. The first kappa shape index (κ1) is 15.9. The molecule has 0 bridgehead atoms. The van der Waals surface area contributed by atoms with Crippen LogP contribution in [0.2, 0.25) is 5.02 Å². The zero-order valence-electron chi connectivity index (χ0n) is 12.7. The molecule has 0 fully saturated rings. The monoisotopic (exact) mass is 308 g/mol. The average molecular weight is 309 g/mol. The number of amides is 1. The number of rotatable bonds is 6. The molecule has 2 rings (SSSR count). The van der Waals surface area contributed by atoms with Gasteiger partial charge < -0.3 is 14.6 Å². The van der Waals surface area contributed by atoms with Crippen LogP contribution in [0.4, 0.5) is 0 Å². The van der Waals surface area contributed by atoms with Gasteiger partial charge in [-0.1, -0.05) is 37.6 Å². The number of likely N-dealkylation sites (N-methyl/N-ethyl adjacent to an activating group) is 1. The number of hydrogen-bond donors (Lipinski definition) is 1. The Kier molecular flexibility index (Phi) is 5.26. The second-order valence-corrected chi connectivity index (χ2v) is 5.36. The lowest BCUT2D eigenvalue weighted by molar-refractivity contribution is 0.0922. The highest BCUT2D eigenvalue weighted by Gasteiger charge is 2.18. The lowest BCUT2D eigenvalue weighted by atomic mass is 10.1. The minimum absolute atomic E-state index is 0.188. The molecular weight excluding hydrogens is 288 g/mol. The van der Waals surface area contributed by atoms with Gasteiger partial charge in [0.05, 0.1) is 5.02 Å². The third kappa shape index (κ3) is 3.39. The fourth-order valence-electron chi connectivity index (χ4n) is 2.37. The van der Waals surface area contributed by atoms with E-state index in [0.29, 0.717) is 22.9 Å². The molecule has 0 spiro atoms. The van der Waals surface area contributed by atoms with E-state index in [0.717, 1.165) is 30.6 Å². The van der Waals surface area contributed by atoms with E-state index in [4.69, 9.17) is 16.0 Å². The number of benzene rings is 1. The number of para-hydroxylation sites is 1. The second kappa shape index (κ2) is 6.96. The predicted octanol–water partition coefficient (Wildman–Crippen LogP) is 3.47. The Morgan fingerprint density at radius 1 is 1.33 bits per heavy atom. The Labute approximate surface area is 130 Å². The Bertz CT molecular complexity index is 632. The van der Waals surface area contributed by atoms with Crippen LogP contribution in [0.3, 0.4) is 0 Å². The van der Waals surface area contributed by atoms with Crippen molar-refractivity contribution < 1.29 is 9.21 Å². The highest BCUT2D eigenvalue weighted by molar-refractivity contribution is 6.35. The van der Waals surface area contributed by atoms with Crippen LogP contribution in [0.5, 0.6) is 0 Å². The van der Waals surface area contributed by atoms with Crippen LogP contribution in [0.25, 0.3) is 11.0 Å². The number of carbonyl (C=O) groups is 1. The molecule has 4 nitrogen and oxygen atoms in total. The lowest BCUT2D eigenvalue weighted by Gasteiger charge is -2.17. The Hall–Kier alpha value is -1.52. The maximum atomic E-state index is 12.2.